The summed E-state index contributed by atoms with van der Waals surface area (Å²) in [5.41, 5.74) is 2.49. The molecule has 1 unspecified atom stereocenters. The third kappa shape index (κ3) is 2.09. The van der Waals surface area contributed by atoms with E-state index in [9.17, 15) is 0 Å². The molecular formula is C13H19NO. The molecule has 1 aromatic carbocycles. The number of anilines is 1. The molecule has 1 heterocycles. The number of rotatable bonds is 2. The van der Waals surface area contributed by atoms with Crippen LogP contribution < -0.4 is 10.1 Å². The lowest BCUT2D eigenvalue weighted by atomic mass is 9.90. The number of ether oxygens (including phenoxy) is 1. The van der Waals surface area contributed by atoms with Gasteiger partial charge in [0.25, 0.3) is 0 Å². The van der Waals surface area contributed by atoms with Crippen molar-refractivity contribution in [3.63, 3.8) is 0 Å². The molecule has 0 aliphatic carbocycles. The zero-order valence-corrected chi connectivity index (χ0v) is 9.71. The van der Waals surface area contributed by atoms with E-state index in [1.54, 1.807) is 0 Å². The second-order valence-corrected chi connectivity index (χ2v) is 4.56. The molecule has 2 rings (SSSR count). The highest BCUT2D eigenvalue weighted by molar-refractivity contribution is 5.59. The van der Waals surface area contributed by atoms with Gasteiger partial charge in [0.1, 0.15) is 12.4 Å². The van der Waals surface area contributed by atoms with Gasteiger partial charge in [0.2, 0.25) is 0 Å². The van der Waals surface area contributed by atoms with Crippen molar-refractivity contribution >= 4 is 5.69 Å². The summed E-state index contributed by atoms with van der Waals surface area (Å²) in [6.45, 7) is 8.45. The Kier molecular flexibility index (Phi) is 2.85. The van der Waals surface area contributed by atoms with Gasteiger partial charge in [-0.3, -0.25) is 0 Å². The number of hydrogen-bond donors (Lipinski definition) is 1. The van der Waals surface area contributed by atoms with Gasteiger partial charge >= 0.3 is 0 Å². The molecule has 2 heteroatoms. The quantitative estimate of drug-likeness (QED) is 0.800. The van der Waals surface area contributed by atoms with Crippen LogP contribution in [0.2, 0.25) is 0 Å². The standard InChI is InChI=1S/C13H19NO/c1-9(2)10(3)11-4-5-12-13(8-11)15-7-6-14-12/h4-5,8-10,14H,6-7H2,1-3H3. The molecule has 1 aliphatic heterocycles. The van der Waals surface area contributed by atoms with Crippen LogP contribution >= 0.6 is 0 Å². The fourth-order valence-corrected chi connectivity index (χ4v) is 1.82. The van der Waals surface area contributed by atoms with Crippen LogP contribution in [0.25, 0.3) is 0 Å². The fraction of sp³-hybridized carbons (Fsp3) is 0.538. The molecule has 0 aromatic heterocycles. The van der Waals surface area contributed by atoms with Crippen molar-refractivity contribution in [1.82, 2.24) is 0 Å². The van der Waals surface area contributed by atoms with Gasteiger partial charge in [-0.25, -0.2) is 0 Å². The average molecular weight is 205 g/mol. The maximum Gasteiger partial charge on any atom is 0.142 e. The molecule has 1 N–H and O–H groups in total. The first-order chi connectivity index (χ1) is 7.18. The van der Waals surface area contributed by atoms with Crippen molar-refractivity contribution in [1.29, 1.82) is 0 Å². The minimum atomic E-state index is 0.584. The number of benzene rings is 1. The van der Waals surface area contributed by atoms with Crippen LogP contribution in [-0.2, 0) is 0 Å². The number of nitrogens with one attached hydrogen (secondary N) is 1. The van der Waals surface area contributed by atoms with E-state index in [1.807, 2.05) is 0 Å². The fourth-order valence-electron chi connectivity index (χ4n) is 1.82. The summed E-state index contributed by atoms with van der Waals surface area (Å²) in [5, 5.41) is 3.33. The van der Waals surface area contributed by atoms with Crippen molar-refractivity contribution < 1.29 is 4.74 Å². The van der Waals surface area contributed by atoms with E-state index in [4.69, 9.17) is 4.74 Å². The Morgan fingerprint density at radius 1 is 1.27 bits per heavy atom. The van der Waals surface area contributed by atoms with E-state index in [0.717, 1.165) is 24.6 Å². The summed E-state index contributed by atoms with van der Waals surface area (Å²) in [6.07, 6.45) is 0. The normalized spacial score (nSPS) is 16.5. The molecule has 2 nitrogen and oxygen atoms in total. The molecule has 1 aliphatic rings. The average Bonchev–Trinajstić information content (AvgIpc) is 2.27. The van der Waals surface area contributed by atoms with E-state index in [-0.39, 0.29) is 0 Å². The Labute approximate surface area is 91.6 Å². The van der Waals surface area contributed by atoms with Crippen molar-refractivity contribution in [3.05, 3.63) is 23.8 Å². The van der Waals surface area contributed by atoms with Crippen LogP contribution in [0.4, 0.5) is 5.69 Å². The Morgan fingerprint density at radius 3 is 2.80 bits per heavy atom. The zero-order chi connectivity index (χ0) is 10.8. The Bertz CT molecular complexity index is 346. The lowest BCUT2D eigenvalue weighted by Gasteiger charge is -2.22. The summed E-state index contributed by atoms with van der Waals surface area (Å²) in [4.78, 5) is 0. The molecule has 0 saturated carbocycles. The molecule has 0 bridgehead atoms. The van der Waals surface area contributed by atoms with Crippen LogP contribution in [0.15, 0.2) is 18.2 Å². The van der Waals surface area contributed by atoms with Crippen molar-refractivity contribution in [2.24, 2.45) is 5.92 Å². The van der Waals surface area contributed by atoms with Gasteiger partial charge in [0.15, 0.2) is 0 Å². The monoisotopic (exact) mass is 205 g/mol. The van der Waals surface area contributed by atoms with Gasteiger partial charge < -0.3 is 10.1 Å². The second-order valence-electron chi connectivity index (χ2n) is 4.56. The Morgan fingerprint density at radius 2 is 2.07 bits per heavy atom. The van der Waals surface area contributed by atoms with Crippen LogP contribution in [0, 0.1) is 5.92 Å². The van der Waals surface area contributed by atoms with Gasteiger partial charge in [-0.2, -0.15) is 0 Å². The van der Waals surface area contributed by atoms with Crippen LogP contribution in [-0.4, -0.2) is 13.2 Å². The highest BCUT2D eigenvalue weighted by Crippen LogP contribution is 2.33. The van der Waals surface area contributed by atoms with Gasteiger partial charge in [-0.1, -0.05) is 26.8 Å². The summed E-state index contributed by atoms with van der Waals surface area (Å²) in [6, 6.07) is 6.50. The summed E-state index contributed by atoms with van der Waals surface area (Å²) >= 11 is 0. The lowest BCUT2D eigenvalue weighted by Crippen LogP contribution is -2.18. The molecular weight excluding hydrogens is 186 g/mol. The maximum absolute atomic E-state index is 5.63. The first kappa shape index (κ1) is 10.3. The van der Waals surface area contributed by atoms with Crippen LogP contribution in [0.5, 0.6) is 5.75 Å². The highest BCUT2D eigenvalue weighted by Gasteiger charge is 2.14. The minimum Gasteiger partial charge on any atom is -0.490 e. The first-order valence-electron chi connectivity index (χ1n) is 5.69. The Hall–Kier alpha value is -1.18. The third-order valence-corrected chi connectivity index (χ3v) is 3.21. The Balaban J connectivity index is 2.27. The summed E-state index contributed by atoms with van der Waals surface area (Å²) in [5.74, 6) is 2.26. The number of fused-ring (bicyclic) bond motifs is 1. The van der Waals surface area contributed by atoms with Crippen molar-refractivity contribution in [2.45, 2.75) is 26.7 Å². The minimum absolute atomic E-state index is 0.584. The van der Waals surface area contributed by atoms with Gasteiger partial charge in [-0.15, -0.1) is 0 Å². The number of hydrogen-bond acceptors (Lipinski definition) is 2. The van der Waals surface area contributed by atoms with Gasteiger partial charge in [-0.05, 0) is 29.5 Å². The van der Waals surface area contributed by atoms with E-state index < -0.39 is 0 Å². The lowest BCUT2D eigenvalue weighted by molar-refractivity contribution is 0.322. The van der Waals surface area contributed by atoms with E-state index >= 15 is 0 Å². The van der Waals surface area contributed by atoms with Crippen LogP contribution in [0.1, 0.15) is 32.3 Å². The largest absolute Gasteiger partial charge is 0.490 e. The summed E-state index contributed by atoms with van der Waals surface area (Å²) < 4.78 is 5.63. The molecule has 0 saturated heterocycles. The predicted molar refractivity (Wildman–Crippen MR) is 63.7 cm³/mol. The third-order valence-electron chi connectivity index (χ3n) is 3.21. The molecule has 0 fully saturated rings. The molecule has 82 valence electrons. The van der Waals surface area contributed by atoms with Crippen LogP contribution in [0.3, 0.4) is 0 Å². The molecule has 1 aromatic rings. The molecule has 15 heavy (non-hydrogen) atoms. The SMILES string of the molecule is CC(C)C(C)c1ccc2c(c1)OCCN2. The smallest absolute Gasteiger partial charge is 0.142 e. The molecule has 0 spiro atoms. The van der Waals surface area contributed by atoms with Crippen molar-refractivity contribution in [3.8, 4) is 5.75 Å². The highest BCUT2D eigenvalue weighted by atomic mass is 16.5. The second kappa shape index (κ2) is 4.13. The summed E-state index contributed by atoms with van der Waals surface area (Å²) in [7, 11) is 0. The molecule has 0 radical (unpaired) electrons. The zero-order valence-electron chi connectivity index (χ0n) is 9.71. The van der Waals surface area contributed by atoms with E-state index in [2.05, 4.69) is 44.3 Å². The topological polar surface area (TPSA) is 21.3 Å². The van der Waals surface area contributed by atoms with E-state index in [0.29, 0.717) is 11.8 Å². The van der Waals surface area contributed by atoms with Gasteiger partial charge in [0.05, 0.1) is 5.69 Å². The predicted octanol–water partition coefficient (Wildman–Crippen LogP) is 3.25. The van der Waals surface area contributed by atoms with Crippen molar-refractivity contribution in [2.75, 3.05) is 18.5 Å². The maximum atomic E-state index is 5.63. The first-order valence-corrected chi connectivity index (χ1v) is 5.69. The molecule has 1 atom stereocenters. The van der Waals surface area contributed by atoms with E-state index in [1.165, 1.54) is 5.56 Å². The van der Waals surface area contributed by atoms with Gasteiger partial charge in [0, 0.05) is 6.54 Å². The molecule has 0 amide bonds.